The van der Waals surface area contributed by atoms with E-state index >= 15 is 0 Å². The molecule has 0 aromatic rings. The van der Waals surface area contributed by atoms with Gasteiger partial charge in [0.1, 0.15) is 0 Å². The molecule has 0 aromatic heterocycles. The molecule has 1 aliphatic carbocycles. The van der Waals surface area contributed by atoms with E-state index < -0.39 is 0 Å². The highest BCUT2D eigenvalue weighted by Gasteiger charge is 2.27. The Balaban J connectivity index is 2.19. The Kier molecular flexibility index (Phi) is 5.03. The molecule has 1 aliphatic rings. The normalized spacial score (nSPS) is 27.2. The van der Waals surface area contributed by atoms with Crippen LogP contribution in [0.3, 0.4) is 0 Å². The molecule has 0 aromatic carbocycles. The zero-order chi connectivity index (χ0) is 11.3. The summed E-state index contributed by atoms with van der Waals surface area (Å²) in [7, 11) is 3.58. The van der Waals surface area contributed by atoms with Gasteiger partial charge < -0.3 is 14.8 Å². The van der Waals surface area contributed by atoms with E-state index in [1.54, 1.807) is 7.11 Å². The molecule has 2 unspecified atom stereocenters. The number of nitrogens with one attached hydrogen (secondary N) is 1. The first-order valence-corrected chi connectivity index (χ1v) is 5.90. The van der Waals surface area contributed by atoms with Crippen molar-refractivity contribution in [2.45, 2.75) is 57.3 Å². The van der Waals surface area contributed by atoms with E-state index in [1.165, 1.54) is 19.3 Å². The van der Waals surface area contributed by atoms with Crippen molar-refractivity contribution >= 4 is 0 Å². The van der Waals surface area contributed by atoms with Crippen LogP contribution in [0.4, 0.5) is 0 Å². The molecule has 1 fully saturated rings. The molecule has 0 saturated heterocycles. The van der Waals surface area contributed by atoms with Gasteiger partial charge in [0.25, 0.3) is 0 Å². The van der Waals surface area contributed by atoms with Gasteiger partial charge in [-0.25, -0.2) is 0 Å². The van der Waals surface area contributed by atoms with Crippen molar-refractivity contribution in [3.05, 3.63) is 0 Å². The van der Waals surface area contributed by atoms with Crippen molar-refractivity contribution in [2.75, 3.05) is 20.8 Å². The minimum Gasteiger partial charge on any atom is -0.380 e. The fourth-order valence-electron chi connectivity index (χ4n) is 2.10. The van der Waals surface area contributed by atoms with E-state index in [0.717, 1.165) is 13.0 Å². The number of rotatable bonds is 6. The largest absolute Gasteiger partial charge is 0.380 e. The number of ether oxygens (including phenoxy) is 2. The molecule has 1 N–H and O–H groups in total. The maximum absolute atomic E-state index is 5.44. The predicted octanol–water partition coefficient (Wildman–Crippen LogP) is 1.96. The molecule has 3 nitrogen and oxygen atoms in total. The smallest absolute Gasteiger partial charge is 0.0724 e. The van der Waals surface area contributed by atoms with Crippen LogP contribution >= 0.6 is 0 Å². The summed E-state index contributed by atoms with van der Waals surface area (Å²) >= 11 is 0. The number of hydrogen-bond donors (Lipinski definition) is 1. The van der Waals surface area contributed by atoms with Gasteiger partial charge in [-0.05, 0) is 46.1 Å². The molecular weight excluding hydrogens is 190 g/mol. The van der Waals surface area contributed by atoms with E-state index in [0.29, 0.717) is 12.1 Å². The summed E-state index contributed by atoms with van der Waals surface area (Å²) in [5.74, 6) is 0. The Morgan fingerprint density at radius 1 is 1.27 bits per heavy atom. The van der Waals surface area contributed by atoms with Gasteiger partial charge >= 0.3 is 0 Å². The molecule has 2 atom stereocenters. The third kappa shape index (κ3) is 4.09. The number of methoxy groups -OCH3 is 2. The van der Waals surface area contributed by atoms with Gasteiger partial charge in [-0.15, -0.1) is 0 Å². The van der Waals surface area contributed by atoms with Crippen molar-refractivity contribution in [1.82, 2.24) is 5.32 Å². The molecule has 15 heavy (non-hydrogen) atoms. The quantitative estimate of drug-likeness (QED) is 0.734. The Bertz CT molecular complexity index is 182. The van der Waals surface area contributed by atoms with Crippen molar-refractivity contribution < 1.29 is 9.47 Å². The van der Waals surface area contributed by atoms with Crippen molar-refractivity contribution in [1.29, 1.82) is 0 Å². The summed E-state index contributed by atoms with van der Waals surface area (Å²) in [6.45, 7) is 5.25. The SMILES string of the molecule is COC1CCCC1NCCC(C)(C)OC. The zero-order valence-electron chi connectivity index (χ0n) is 10.5. The van der Waals surface area contributed by atoms with Gasteiger partial charge in [0.15, 0.2) is 0 Å². The molecular formula is C12H25NO2. The van der Waals surface area contributed by atoms with E-state index in [1.807, 2.05) is 7.11 Å². The van der Waals surface area contributed by atoms with Gasteiger partial charge in [-0.1, -0.05) is 0 Å². The lowest BCUT2D eigenvalue weighted by atomic mass is 10.0. The minimum atomic E-state index is -0.0197. The molecule has 1 saturated carbocycles. The first-order valence-electron chi connectivity index (χ1n) is 5.90. The van der Waals surface area contributed by atoms with Crippen LogP contribution in [0.2, 0.25) is 0 Å². The predicted molar refractivity (Wildman–Crippen MR) is 62.1 cm³/mol. The van der Waals surface area contributed by atoms with Crippen LogP contribution in [0.1, 0.15) is 39.5 Å². The van der Waals surface area contributed by atoms with E-state index in [2.05, 4.69) is 19.2 Å². The molecule has 0 radical (unpaired) electrons. The highest BCUT2D eigenvalue weighted by Crippen LogP contribution is 2.21. The third-order valence-electron chi connectivity index (χ3n) is 3.44. The Morgan fingerprint density at radius 2 is 2.00 bits per heavy atom. The lowest BCUT2D eigenvalue weighted by Crippen LogP contribution is -2.39. The highest BCUT2D eigenvalue weighted by molar-refractivity contribution is 4.84. The average Bonchev–Trinajstić information content (AvgIpc) is 2.65. The highest BCUT2D eigenvalue weighted by atomic mass is 16.5. The first kappa shape index (κ1) is 12.9. The third-order valence-corrected chi connectivity index (χ3v) is 3.44. The van der Waals surface area contributed by atoms with Gasteiger partial charge in [-0.3, -0.25) is 0 Å². The summed E-state index contributed by atoms with van der Waals surface area (Å²) in [6, 6.07) is 0.544. The fraction of sp³-hybridized carbons (Fsp3) is 1.00. The van der Waals surface area contributed by atoms with Crippen LogP contribution in [0.5, 0.6) is 0 Å². The van der Waals surface area contributed by atoms with E-state index in [4.69, 9.17) is 9.47 Å². The standard InChI is InChI=1S/C12H25NO2/c1-12(2,15-4)8-9-13-10-6-5-7-11(10)14-3/h10-11,13H,5-9H2,1-4H3. The average molecular weight is 215 g/mol. The van der Waals surface area contributed by atoms with Gasteiger partial charge in [0.05, 0.1) is 11.7 Å². The lowest BCUT2D eigenvalue weighted by Gasteiger charge is -2.25. The molecule has 0 amide bonds. The van der Waals surface area contributed by atoms with Crippen LogP contribution in [-0.2, 0) is 9.47 Å². The maximum Gasteiger partial charge on any atom is 0.0724 e. The zero-order valence-corrected chi connectivity index (χ0v) is 10.5. The summed E-state index contributed by atoms with van der Waals surface area (Å²) in [4.78, 5) is 0. The second kappa shape index (κ2) is 5.83. The van der Waals surface area contributed by atoms with Crippen LogP contribution in [0, 0.1) is 0 Å². The second-order valence-corrected chi connectivity index (χ2v) is 4.98. The summed E-state index contributed by atoms with van der Waals surface area (Å²) in [6.07, 6.45) is 5.17. The second-order valence-electron chi connectivity index (χ2n) is 4.98. The Labute approximate surface area is 93.5 Å². The fourth-order valence-corrected chi connectivity index (χ4v) is 2.10. The van der Waals surface area contributed by atoms with Crippen molar-refractivity contribution in [3.8, 4) is 0 Å². The van der Waals surface area contributed by atoms with E-state index in [9.17, 15) is 0 Å². The molecule has 0 bridgehead atoms. The summed E-state index contributed by atoms with van der Waals surface area (Å²) < 4.78 is 10.8. The van der Waals surface area contributed by atoms with Crippen molar-refractivity contribution in [2.24, 2.45) is 0 Å². The first-order chi connectivity index (χ1) is 7.09. The Hall–Kier alpha value is -0.120. The molecule has 0 heterocycles. The summed E-state index contributed by atoms with van der Waals surface area (Å²) in [5.41, 5.74) is -0.0197. The molecule has 3 heteroatoms. The van der Waals surface area contributed by atoms with Crippen LogP contribution in [0.15, 0.2) is 0 Å². The summed E-state index contributed by atoms with van der Waals surface area (Å²) in [5, 5.41) is 3.57. The topological polar surface area (TPSA) is 30.5 Å². The van der Waals surface area contributed by atoms with Crippen LogP contribution in [0.25, 0.3) is 0 Å². The van der Waals surface area contributed by atoms with Crippen LogP contribution in [-0.4, -0.2) is 38.5 Å². The molecule has 90 valence electrons. The Morgan fingerprint density at radius 3 is 2.60 bits per heavy atom. The van der Waals surface area contributed by atoms with Gasteiger partial charge in [0, 0.05) is 20.3 Å². The van der Waals surface area contributed by atoms with Gasteiger partial charge in [0.2, 0.25) is 0 Å². The van der Waals surface area contributed by atoms with E-state index in [-0.39, 0.29) is 5.60 Å². The molecule has 0 spiro atoms. The van der Waals surface area contributed by atoms with Crippen LogP contribution < -0.4 is 5.32 Å². The van der Waals surface area contributed by atoms with Gasteiger partial charge in [-0.2, -0.15) is 0 Å². The maximum atomic E-state index is 5.44. The monoisotopic (exact) mass is 215 g/mol. The lowest BCUT2D eigenvalue weighted by molar-refractivity contribution is 0.0134. The molecule has 0 aliphatic heterocycles. The number of hydrogen-bond acceptors (Lipinski definition) is 3. The molecule has 1 rings (SSSR count). The minimum absolute atomic E-state index is 0.0197. The van der Waals surface area contributed by atoms with Crippen molar-refractivity contribution in [3.63, 3.8) is 0 Å².